The van der Waals surface area contributed by atoms with E-state index in [1.807, 2.05) is 19.2 Å². The first-order valence-corrected chi connectivity index (χ1v) is 7.88. The number of ketones is 1. The van der Waals surface area contributed by atoms with Gasteiger partial charge in [0.2, 0.25) is 0 Å². The van der Waals surface area contributed by atoms with Crippen LogP contribution in [0.4, 0.5) is 11.4 Å². The van der Waals surface area contributed by atoms with Gasteiger partial charge in [0.15, 0.2) is 11.7 Å². The number of carboxylic acid groups (broad SMARTS) is 1. The number of nitrogens with zero attached hydrogens (tertiary/aromatic N) is 2. The second-order valence-electron chi connectivity index (χ2n) is 6.23. The molecule has 1 fully saturated rings. The molecule has 2 aliphatic heterocycles. The van der Waals surface area contributed by atoms with Crippen LogP contribution in [-0.2, 0) is 4.79 Å². The molecule has 122 valence electrons. The molecule has 0 amide bonds. The van der Waals surface area contributed by atoms with Crippen molar-refractivity contribution in [3.05, 3.63) is 23.8 Å². The highest BCUT2D eigenvalue weighted by Gasteiger charge is 2.31. The van der Waals surface area contributed by atoms with E-state index in [4.69, 9.17) is 5.11 Å². The van der Waals surface area contributed by atoms with Crippen molar-refractivity contribution >= 4 is 29.3 Å². The summed E-state index contributed by atoms with van der Waals surface area (Å²) < 4.78 is 0. The quantitative estimate of drug-likeness (QED) is 0.827. The van der Waals surface area contributed by atoms with Crippen molar-refractivity contribution in [1.82, 2.24) is 5.32 Å². The van der Waals surface area contributed by atoms with Crippen LogP contribution in [0.2, 0.25) is 0 Å². The maximum atomic E-state index is 12.2. The number of hydrogen-bond donors (Lipinski definition) is 2. The lowest BCUT2D eigenvalue weighted by Crippen LogP contribution is -2.32. The van der Waals surface area contributed by atoms with Crippen LogP contribution in [0.15, 0.2) is 23.2 Å². The molecule has 0 radical (unpaired) electrons. The van der Waals surface area contributed by atoms with Gasteiger partial charge < -0.3 is 15.3 Å². The van der Waals surface area contributed by atoms with Crippen LogP contribution in [0.3, 0.4) is 0 Å². The van der Waals surface area contributed by atoms with Crippen LogP contribution in [0, 0.1) is 11.8 Å². The van der Waals surface area contributed by atoms with Crippen LogP contribution in [0.1, 0.15) is 23.7 Å². The summed E-state index contributed by atoms with van der Waals surface area (Å²) in [6.45, 7) is 4.14. The highest BCUT2D eigenvalue weighted by atomic mass is 16.4. The Bertz CT molecular complexity index is 671. The number of aliphatic carboxylic acids is 1. The minimum atomic E-state index is -1.17. The minimum Gasteiger partial charge on any atom is -0.480 e. The SMILES string of the molecule is CNC(C)C1CCN(c2ccc3c(c2)N=CC(C(=O)O)C3=O)C1. The maximum absolute atomic E-state index is 12.2. The molecule has 1 aromatic rings. The number of rotatable bonds is 4. The highest BCUT2D eigenvalue weighted by molar-refractivity contribution is 6.22. The van der Waals surface area contributed by atoms with Crippen LogP contribution >= 0.6 is 0 Å². The summed E-state index contributed by atoms with van der Waals surface area (Å²) in [6.07, 6.45) is 2.36. The van der Waals surface area contributed by atoms with Gasteiger partial charge in [-0.1, -0.05) is 0 Å². The number of carboxylic acids is 1. The molecular weight excluding hydrogens is 294 g/mol. The van der Waals surface area contributed by atoms with Crippen molar-refractivity contribution in [2.45, 2.75) is 19.4 Å². The topological polar surface area (TPSA) is 82.0 Å². The first kappa shape index (κ1) is 15.7. The number of carbonyl (C=O) groups excluding carboxylic acids is 1. The average molecular weight is 315 g/mol. The number of carbonyl (C=O) groups is 2. The Morgan fingerprint density at radius 2 is 2.26 bits per heavy atom. The Morgan fingerprint density at radius 1 is 1.48 bits per heavy atom. The molecule has 0 bridgehead atoms. The van der Waals surface area contributed by atoms with Gasteiger partial charge in [0.1, 0.15) is 0 Å². The van der Waals surface area contributed by atoms with E-state index in [1.54, 1.807) is 6.07 Å². The van der Waals surface area contributed by atoms with E-state index in [1.165, 1.54) is 6.21 Å². The zero-order valence-electron chi connectivity index (χ0n) is 13.3. The second-order valence-corrected chi connectivity index (χ2v) is 6.23. The molecule has 0 aliphatic carbocycles. The molecule has 3 rings (SSSR count). The molecule has 1 aromatic carbocycles. The summed E-state index contributed by atoms with van der Waals surface area (Å²) in [5, 5.41) is 12.3. The number of benzene rings is 1. The molecule has 2 heterocycles. The zero-order chi connectivity index (χ0) is 16.6. The highest BCUT2D eigenvalue weighted by Crippen LogP contribution is 2.33. The van der Waals surface area contributed by atoms with Gasteiger partial charge in [-0.05, 0) is 44.5 Å². The van der Waals surface area contributed by atoms with Crippen LogP contribution in [0.5, 0.6) is 0 Å². The number of aliphatic imine (C=N–C) groups is 1. The minimum absolute atomic E-state index is 0.392. The predicted molar refractivity (Wildman–Crippen MR) is 88.9 cm³/mol. The molecule has 0 spiro atoms. The normalized spacial score (nSPS) is 24.6. The summed E-state index contributed by atoms with van der Waals surface area (Å²) in [6, 6.07) is 5.94. The van der Waals surface area contributed by atoms with Crippen LogP contribution < -0.4 is 10.2 Å². The lowest BCUT2D eigenvalue weighted by molar-refractivity contribution is -0.137. The summed E-state index contributed by atoms with van der Waals surface area (Å²) >= 11 is 0. The molecule has 3 unspecified atom stereocenters. The Kier molecular flexibility index (Phi) is 4.17. The molecule has 3 atom stereocenters. The molecule has 2 aliphatic rings. The Balaban J connectivity index is 1.81. The summed E-state index contributed by atoms with van der Waals surface area (Å²) in [5.74, 6) is -2.12. The van der Waals surface area contributed by atoms with Crippen LogP contribution in [-0.4, -0.2) is 49.3 Å². The third-order valence-corrected chi connectivity index (χ3v) is 4.91. The van der Waals surface area contributed by atoms with Gasteiger partial charge in [-0.25, -0.2) is 0 Å². The lowest BCUT2D eigenvalue weighted by atomic mass is 9.94. The molecular formula is C17H21N3O3. The van der Waals surface area contributed by atoms with Gasteiger partial charge in [-0.2, -0.15) is 0 Å². The van der Waals surface area contributed by atoms with E-state index in [-0.39, 0.29) is 0 Å². The molecule has 6 heteroatoms. The van der Waals surface area contributed by atoms with Gasteiger partial charge in [0.25, 0.3) is 0 Å². The zero-order valence-corrected chi connectivity index (χ0v) is 13.3. The Morgan fingerprint density at radius 3 is 2.96 bits per heavy atom. The first-order chi connectivity index (χ1) is 11.0. The van der Waals surface area contributed by atoms with Crippen molar-refractivity contribution in [2.75, 3.05) is 25.0 Å². The van der Waals surface area contributed by atoms with Gasteiger partial charge in [0.05, 0.1) is 5.69 Å². The number of Topliss-reactive ketones (excluding diaryl/α,β-unsaturated/α-hetero) is 1. The van der Waals surface area contributed by atoms with E-state index in [0.29, 0.717) is 23.2 Å². The fraction of sp³-hybridized carbons (Fsp3) is 0.471. The van der Waals surface area contributed by atoms with Gasteiger partial charge >= 0.3 is 5.97 Å². The molecule has 1 saturated heterocycles. The van der Waals surface area contributed by atoms with Crippen molar-refractivity contribution in [2.24, 2.45) is 16.8 Å². The maximum Gasteiger partial charge on any atom is 0.319 e. The largest absolute Gasteiger partial charge is 0.480 e. The first-order valence-electron chi connectivity index (χ1n) is 7.88. The second kappa shape index (κ2) is 6.12. The van der Waals surface area contributed by atoms with Crippen molar-refractivity contribution in [3.8, 4) is 0 Å². The fourth-order valence-electron chi connectivity index (χ4n) is 3.26. The van der Waals surface area contributed by atoms with Gasteiger partial charge in [-0.3, -0.25) is 14.6 Å². The van der Waals surface area contributed by atoms with E-state index in [2.05, 4.69) is 22.1 Å². The third kappa shape index (κ3) is 2.86. The molecule has 23 heavy (non-hydrogen) atoms. The van der Waals surface area contributed by atoms with Gasteiger partial charge in [0, 0.05) is 36.6 Å². The van der Waals surface area contributed by atoms with E-state index in [0.717, 1.165) is 25.2 Å². The Labute approximate surface area is 135 Å². The third-order valence-electron chi connectivity index (χ3n) is 4.91. The van der Waals surface area contributed by atoms with Crippen molar-refractivity contribution < 1.29 is 14.7 Å². The monoisotopic (exact) mass is 315 g/mol. The molecule has 0 aromatic heterocycles. The summed E-state index contributed by atoms with van der Waals surface area (Å²) in [5.41, 5.74) is 1.99. The standard InChI is InChI=1S/C17H21N3O3/c1-10(18-2)11-5-6-20(9-11)12-3-4-13-15(7-12)19-8-14(16(13)21)17(22)23/h3-4,7-8,10-11,14,18H,5-6,9H2,1-2H3,(H,22,23). The van der Waals surface area contributed by atoms with E-state index < -0.39 is 17.7 Å². The molecule has 0 saturated carbocycles. The number of anilines is 1. The van der Waals surface area contributed by atoms with Crippen LogP contribution in [0.25, 0.3) is 0 Å². The fourth-order valence-corrected chi connectivity index (χ4v) is 3.26. The number of hydrogen-bond acceptors (Lipinski definition) is 5. The van der Waals surface area contributed by atoms with Crippen molar-refractivity contribution in [3.63, 3.8) is 0 Å². The number of fused-ring (bicyclic) bond motifs is 1. The van der Waals surface area contributed by atoms with Crippen molar-refractivity contribution in [1.29, 1.82) is 0 Å². The average Bonchev–Trinajstić information content (AvgIpc) is 3.03. The van der Waals surface area contributed by atoms with Gasteiger partial charge in [-0.15, -0.1) is 0 Å². The lowest BCUT2D eigenvalue weighted by Gasteiger charge is -2.23. The number of nitrogens with one attached hydrogen (secondary N) is 1. The summed E-state index contributed by atoms with van der Waals surface area (Å²) in [7, 11) is 1.98. The predicted octanol–water partition coefficient (Wildman–Crippen LogP) is 1.72. The van der Waals surface area contributed by atoms with E-state index in [9.17, 15) is 9.59 Å². The molecule has 6 nitrogen and oxygen atoms in total. The Hall–Kier alpha value is -2.21. The smallest absolute Gasteiger partial charge is 0.319 e. The summed E-state index contributed by atoms with van der Waals surface area (Å²) in [4.78, 5) is 29.7. The van der Waals surface area contributed by atoms with E-state index >= 15 is 0 Å². The molecule has 2 N–H and O–H groups in total.